The number of nitrogens with zero attached hydrogens (tertiary/aromatic N) is 2. The van der Waals surface area contributed by atoms with Crippen LogP contribution in [0.3, 0.4) is 0 Å². The molecule has 1 aliphatic heterocycles. The summed E-state index contributed by atoms with van der Waals surface area (Å²) in [6.45, 7) is 1.39. The number of likely N-dealkylation sites (tertiary alicyclic amines) is 1. The Labute approximate surface area is 111 Å². The highest BCUT2D eigenvalue weighted by Gasteiger charge is 2.27. The van der Waals surface area contributed by atoms with Gasteiger partial charge in [0.1, 0.15) is 0 Å². The zero-order valence-electron chi connectivity index (χ0n) is 9.91. The fourth-order valence-corrected chi connectivity index (χ4v) is 2.77. The van der Waals surface area contributed by atoms with Gasteiger partial charge in [-0.2, -0.15) is 12.6 Å². The second-order valence-corrected chi connectivity index (χ2v) is 5.35. The van der Waals surface area contributed by atoms with Gasteiger partial charge in [0.15, 0.2) is 0 Å². The van der Waals surface area contributed by atoms with Gasteiger partial charge in [0.2, 0.25) is 5.91 Å². The van der Waals surface area contributed by atoms with Crippen LogP contribution in [-0.2, 0) is 11.3 Å². The van der Waals surface area contributed by atoms with Crippen LogP contribution in [0.25, 0.3) is 10.9 Å². The van der Waals surface area contributed by atoms with Gasteiger partial charge in [-0.15, -0.1) is 0 Å². The van der Waals surface area contributed by atoms with Gasteiger partial charge < -0.3 is 4.90 Å². The maximum absolute atomic E-state index is 11.8. The third kappa shape index (κ3) is 2.08. The molecule has 4 heteroatoms. The van der Waals surface area contributed by atoms with Crippen LogP contribution < -0.4 is 0 Å². The Bertz CT molecular complexity index is 594. The van der Waals surface area contributed by atoms with E-state index < -0.39 is 0 Å². The summed E-state index contributed by atoms with van der Waals surface area (Å²) in [5.74, 6) is 0.191. The molecule has 0 spiro atoms. The molecule has 1 atom stereocenters. The molecule has 1 saturated heterocycles. The number of carbonyl (C=O) groups excluding carboxylic acids is 1. The molecule has 3 rings (SSSR count). The third-order valence-corrected chi connectivity index (χ3v) is 3.64. The molecule has 2 heterocycles. The molecule has 1 aliphatic rings. The molecule has 3 nitrogen and oxygen atoms in total. The van der Waals surface area contributed by atoms with E-state index in [2.05, 4.69) is 29.7 Å². The minimum absolute atomic E-state index is 0.172. The Kier molecular flexibility index (Phi) is 2.96. The van der Waals surface area contributed by atoms with E-state index in [0.717, 1.165) is 23.0 Å². The van der Waals surface area contributed by atoms with Crippen molar-refractivity contribution >= 4 is 29.4 Å². The average Bonchev–Trinajstić information content (AvgIpc) is 2.68. The van der Waals surface area contributed by atoms with E-state index in [-0.39, 0.29) is 11.2 Å². The number of benzene rings is 1. The van der Waals surface area contributed by atoms with Crippen LogP contribution in [0.2, 0.25) is 0 Å². The first-order valence-electron chi connectivity index (χ1n) is 6.02. The minimum atomic E-state index is 0.172. The number of aromatic nitrogens is 1. The summed E-state index contributed by atoms with van der Waals surface area (Å²) in [5, 5.41) is 1.29. The maximum Gasteiger partial charge on any atom is 0.224 e. The second kappa shape index (κ2) is 4.61. The lowest BCUT2D eigenvalue weighted by atomic mass is 10.1. The van der Waals surface area contributed by atoms with Crippen molar-refractivity contribution in [2.45, 2.75) is 18.2 Å². The molecular weight excluding hydrogens is 244 g/mol. The predicted octanol–water partition coefficient (Wildman–Crippen LogP) is 2.27. The number of hydrogen-bond donors (Lipinski definition) is 1. The van der Waals surface area contributed by atoms with Crippen LogP contribution in [0.1, 0.15) is 12.0 Å². The lowest BCUT2D eigenvalue weighted by molar-refractivity contribution is -0.128. The van der Waals surface area contributed by atoms with Crippen molar-refractivity contribution in [1.29, 1.82) is 0 Å². The number of amides is 1. The molecule has 1 fully saturated rings. The van der Waals surface area contributed by atoms with E-state index in [4.69, 9.17) is 0 Å². The maximum atomic E-state index is 11.8. The van der Waals surface area contributed by atoms with Crippen molar-refractivity contribution in [3.8, 4) is 0 Å². The predicted molar refractivity (Wildman–Crippen MR) is 74.6 cm³/mol. The number of hydrogen-bond acceptors (Lipinski definition) is 3. The largest absolute Gasteiger partial charge is 0.337 e. The summed E-state index contributed by atoms with van der Waals surface area (Å²) in [5.41, 5.74) is 2.13. The molecule has 2 aromatic rings. The molecule has 0 saturated carbocycles. The van der Waals surface area contributed by atoms with Gasteiger partial charge in [0.25, 0.3) is 0 Å². The van der Waals surface area contributed by atoms with Gasteiger partial charge in [0, 0.05) is 36.3 Å². The number of fused-ring (bicyclic) bond motifs is 1. The molecular formula is C14H14N2OS. The van der Waals surface area contributed by atoms with Crippen molar-refractivity contribution in [3.05, 3.63) is 42.1 Å². The summed E-state index contributed by atoms with van der Waals surface area (Å²) < 4.78 is 0. The molecule has 1 unspecified atom stereocenters. The van der Waals surface area contributed by atoms with Gasteiger partial charge in [-0.3, -0.25) is 9.78 Å². The lowest BCUT2D eigenvalue weighted by Gasteiger charge is -2.17. The van der Waals surface area contributed by atoms with Crippen molar-refractivity contribution in [3.63, 3.8) is 0 Å². The molecule has 92 valence electrons. The molecule has 1 aromatic heterocycles. The molecule has 0 aliphatic carbocycles. The molecule has 1 amide bonds. The molecule has 1 aromatic carbocycles. The second-order valence-electron chi connectivity index (χ2n) is 4.62. The zero-order chi connectivity index (χ0) is 12.5. The monoisotopic (exact) mass is 258 g/mol. The van der Waals surface area contributed by atoms with Gasteiger partial charge in [-0.05, 0) is 17.7 Å². The van der Waals surface area contributed by atoms with Crippen LogP contribution in [0.5, 0.6) is 0 Å². The standard InChI is InChI=1S/C14H14N2OS/c17-14-7-11(18)9-16(14)8-10-3-1-5-13-12(10)4-2-6-15-13/h1-6,11,18H,7-9H2. The summed E-state index contributed by atoms with van der Waals surface area (Å²) in [4.78, 5) is 18.0. The highest BCUT2D eigenvalue weighted by Crippen LogP contribution is 2.22. The average molecular weight is 258 g/mol. The Hall–Kier alpha value is -1.55. The Morgan fingerprint density at radius 1 is 1.33 bits per heavy atom. The Morgan fingerprint density at radius 3 is 3.00 bits per heavy atom. The van der Waals surface area contributed by atoms with Crippen molar-refractivity contribution in [2.75, 3.05) is 6.54 Å². The number of rotatable bonds is 2. The van der Waals surface area contributed by atoms with Crippen LogP contribution in [0.4, 0.5) is 0 Å². The van der Waals surface area contributed by atoms with Crippen LogP contribution in [0, 0.1) is 0 Å². The van der Waals surface area contributed by atoms with Crippen LogP contribution in [0.15, 0.2) is 36.5 Å². The van der Waals surface area contributed by atoms with Crippen molar-refractivity contribution < 1.29 is 4.79 Å². The lowest BCUT2D eigenvalue weighted by Crippen LogP contribution is -2.24. The fourth-order valence-electron chi connectivity index (χ4n) is 2.41. The highest BCUT2D eigenvalue weighted by atomic mass is 32.1. The Balaban J connectivity index is 1.93. The van der Waals surface area contributed by atoms with Crippen molar-refractivity contribution in [1.82, 2.24) is 9.88 Å². The number of carbonyl (C=O) groups is 1. The van der Waals surface area contributed by atoms with E-state index >= 15 is 0 Å². The van der Waals surface area contributed by atoms with Gasteiger partial charge in [-0.25, -0.2) is 0 Å². The topological polar surface area (TPSA) is 33.2 Å². The molecule has 0 radical (unpaired) electrons. The van der Waals surface area contributed by atoms with Gasteiger partial charge >= 0.3 is 0 Å². The third-order valence-electron chi connectivity index (χ3n) is 3.29. The first kappa shape index (κ1) is 11.5. The zero-order valence-corrected chi connectivity index (χ0v) is 10.8. The van der Waals surface area contributed by atoms with E-state index in [9.17, 15) is 4.79 Å². The van der Waals surface area contributed by atoms with Gasteiger partial charge in [-0.1, -0.05) is 18.2 Å². The highest BCUT2D eigenvalue weighted by molar-refractivity contribution is 7.81. The SMILES string of the molecule is O=C1CC(S)CN1Cc1cccc2ncccc12. The van der Waals surface area contributed by atoms with E-state index in [1.807, 2.05) is 23.1 Å². The smallest absolute Gasteiger partial charge is 0.224 e. The first-order valence-corrected chi connectivity index (χ1v) is 6.54. The molecule has 0 bridgehead atoms. The van der Waals surface area contributed by atoms with E-state index in [0.29, 0.717) is 13.0 Å². The number of thiol groups is 1. The summed E-state index contributed by atoms with van der Waals surface area (Å²) in [6, 6.07) is 10.0. The quantitative estimate of drug-likeness (QED) is 0.838. The van der Waals surface area contributed by atoms with Crippen molar-refractivity contribution in [2.24, 2.45) is 0 Å². The van der Waals surface area contributed by atoms with Gasteiger partial charge in [0.05, 0.1) is 5.52 Å². The van der Waals surface area contributed by atoms with Crippen LogP contribution >= 0.6 is 12.6 Å². The molecule has 0 N–H and O–H groups in total. The summed E-state index contributed by atoms with van der Waals surface area (Å²) in [6.07, 6.45) is 2.34. The summed E-state index contributed by atoms with van der Waals surface area (Å²) in [7, 11) is 0. The minimum Gasteiger partial charge on any atom is -0.337 e. The normalized spacial score (nSPS) is 19.7. The van der Waals surface area contributed by atoms with E-state index in [1.165, 1.54) is 0 Å². The fraction of sp³-hybridized carbons (Fsp3) is 0.286. The van der Waals surface area contributed by atoms with Crippen LogP contribution in [-0.4, -0.2) is 27.6 Å². The number of pyridine rings is 1. The Morgan fingerprint density at radius 2 is 2.22 bits per heavy atom. The first-order chi connectivity index (χ1) is 8.74. The molecule has 18 heavy (non-hydrogen) atoms. The summed E-state index contributed by atoms with van der Waals surface area (Å²) >= 11 is 4.38. The van der Waals surface area contributed by atoms with E-state index in [1.54, 1.807) is 6.20 Å².